The molecule has 0 bridgehead atoms. The molecule has 0 aliphatic rings. The smallest absolute Gasteiger partial charge is 0.271 e. The van der Waals surface area contributed by atoms with Gasteiger partial charge in [0, 0.05) is 21.2 Å². The fraction of sp³-hybridized carbons (Fsp3) is 0.130. The maximum Gasteiger partial charge on any atom is 0.271 e. The molecule has 0 unspecified atom stereocenters. The third-order valence-corrected chi connectivity index (χ3v) is 4.72. The van der Waals surface area contributed by atoms with Gasteiger partial charge in [-0.25, -0.2) is 5.43 Å². The number of hydrogen-bond acceptors (Lipinski definition) is 4. The first kappa shape index (κ1) is 21.7. The highest BCUT2D eigenvalue weighted by Crippen LogP contribution is 2.29. The van der Waals surface area contributed by atoms with E-state index in [1.807, 2.05) is 37.3 Å². The Kier molecular flexibility index (Phi) is 7.71. The third-order valence-electron chi connectivity index (χ3n) is 4.09. The zero-order chi connectivity index (χ0) is 21.3. The molecule has 0 saturated carbocycles. The summed E-state index contributed by atoms with van der Waals surface area (Å²) in [7, 11) is 0. The molecule has 0 aliphatic heterocycles. The third kappa shape index (κ3) is 5.99. The van der Waals surface area contributed by atoms with Crippen molar-refractivity contribution in [3.05, 3.63) is 93.5 Å². The number of hydrogen-bond donors (Lipinski definition) is 1. The predicted molar refractivity (Wildman–Crippen MR) is 120 cm³/mol. The summed E-state index contributed by atoms with van der Waals surface area (Å²) in [5.41, 5.74) is 4.59. The van der Waals surface area contributed by atoms with Gasteiger partial charge in [0.05, 0.1) is 12.8 Å². The summed E-state index contributed by atoms with van der Waals surface area (Å²) in [5.74, 6) is 0.851. The molecule has 30 heavy (non-hydrogen) atoms. The summed E-state index contributed by atoms with van der Waals surface area (Å²) in [6.45, 7) is 2.70. The van der Waals surface area contributed by atoms with Crippen molar-refractivity contribution in [2.24, 2.45) is 5.10 Å². The molecule has 0 atom stereocenters. The second-order valence-electron chi connectivity index (χ2n) is 6.23. The lowest BCUT2D eigenvalue weighted by Gasteiger charge is -2.13. The first-order chi connectivity index (χ1) is 14.6. The number of nitrogens with one attached hydrogen (secondary N) is 1. The molecular formula is C23H20Cl2N2O3. The van der Waals surface area contributed by atoms with E-state index in [0.717, 1.165) is 11.1 Å². The average Bonchev–Trinajstić information content (AvgIpc) is 2.75. The van der Waals surface area contributed by atoms with Crippen molar-refractivity contribution >= 4 is 35.3 Å². The van der Waals surface area contributed by atoms with E-state index < -0.39 is 0 Å². The molecule has 5 nitrogen and oxygen atoms in total. The van der Waals surface area contributed by atoms with Crippen LogP contribution in [0.15, 0.2) is 71.8 Å². The number of nitrogens with zero attached hydrogens (tertiary/aromatic N) is 1. The molecule has 0 spiro atoms. The van der Waals surface area contributed by atoms with E-state index in [2.05, 4.69) is 10.5 Å². The lowest BCUT2D eigenvalue weighted by Crippen LogP contribution is -2.17. The van der Waals surface area contributed by atoms with Crippen molar-refractivity contribution in [2.75, 3.05) is 6.61 Å². The second-order valence-corrected chi connectivity index (χ2v) is 7.07. The van der Waals surface area contributed by atoms with Gasteiger partial charge in [-0.05, 0) is 61.0 Å². The molecule has 1 amide bonds. The van der Waals surface area contributed by atoms with Gasteiger partial charge in [0.15, 0.2) is 11.5 Å². The van der Waals surface area contributed by atoms with Gasteiger partial charge < -0.3 is 9.47 Å². The number of carbonyl (C=O) groups is 1. The number of amides is 1. The minimum atomic E-state index is -0.326. The van der Waals surface area contributed by atoms with Gasteiger partial charge in [-0.1, -0.05) is 41.4 Å². The van der Waals surface area contributed by atoms with Crippen LogP contribution in [0.4, 0.5) is 0 Å². The van der Waals surface area contributed by atoms with E-state index in [0.29, 0.717) is 40.3 Å². The van der Waals surface area contributed by atoms with Crippen molar-refractivity contribution < 1.29 is 14.3 Å². The van der Waals surface area contributed by atoms with Crippen LogP contribution in [0, 0.1) is 0 Å². The summed E-state index contributed by atoms with van der Waals surface area (Å²) in [6, 6.07) is 19.5. The molecule has 0 fully saturated rings. The fourth-order valence-electron chi connectivity index (χ4n) is 2.59. The number of ether oxygens (including phenoxy) is 2. The van der Waals surface area contributed by atoms with Crippen LogP contribution in [-0.2, 0) is 6.61 Å². The topological polar surface area (TPSA) is 59.9 Å². The van der Waals surface area contributed by atoms with Crippen LogP contribution >= 0.6 is 23.2 Å². The summed E-state index contributed by atoms with van der Waals surface area (Å²) >= 11 is 12.0. The first-order valence-electron chi connectivity index (χ1n) is 9.29. The zero-order valence-corrected chi connectivity index (χ0v) is 17.8. The Morgan fingerprint density at radius 2 is 1.77 bits per heavy atom. The van der Waals surface area contributed by atoms with Crippen LogP contribution in [-0.4, -0.2) is 18.7 Å². The van der Waals surface area contributed by atoms with Crippen molar-refractivity contribution in [3.63, 3.8) is 0 Å². The van der Waals surface area contributed by atoms with Gasteiger partial charge in [-0.3, -0.25) is 4.79 Å². The molecule has 7 heteroatoms. The molecule has 0 aromatic heterocycles. The van der Waals surface area contributed by atoms with Crippen LogP contribution in [0.3, 0.4) is 0 Å². The van der Waals surface area contributed by atoms with Crippen LogP contribution in [0.5, 0.6) is 11.5 Å². The van der Waals surface area contributed by atoms with E-state index in [4.69, 9.17) is 32.7 Å². The Bertz CT molecular complexity index is 1040. The SMILES string of the molecule is CCOc1cc(/C=N/NC(=O)c2ccc(Cl)cc2)ccc1OCc1ccccc1Cl. The fourth-order valence-corrected chi connectivity index (χ4v) is 2.91. The van der Waals surface area contributed by atoms with Crippen molar-refractivity contribution in [3.8, 4) is 11.5 Å². The Morgan fingerprint density at radius 1 is 1.00 bits per heavy atom. The second kappa shape index (κ2) is 10.7. The monoisotopic (exact) mass is 442 g/mol. The molecule has 3 aromatic carbocycles. The van der Waals surface area contributed by atoms with E-state index in [1.165, 1.54) is 6.21 Å². The standard InChI is InChI=1S/C23H20Cl2N2O3/c1-2-29-22-13-16(14-26-27-23(28)17-8-10-19(24)11-9-17)7-12-21(22)30-15-18-5-3-4-6-20(18)25/h3-14H,2,15H2,1H3,(H,27,28)/b26-14+. The molecule has 0 saturated heterocycles. The Hall–Kier alpha value is -3.02. The predicted octanol–water partition coefficient (Wildman–Crippen LogP) is 5.74. The average molecular weight is 443 g/mol. The minimum Gasteiger partial charge on any atom is -0.490 e. The van der Waals surface area contributed by atoms with E-state index in [1.54, 1.807) is 36.4 Å². The summed E-state index contributed by atoms with van der Waals surface area (Å²) < 4.78 is 11.6. The summed E-state index contributed by atoms with van der Waals surface area (Å²) in [6.07, 6.45) is 1.54. The summed E-state index contributed by atoms with van der Waals surface area (Å²) in [4.78, 5) is 12.1. The van der Waals surface area contributed by atoms with Gasteiger partial charge in [0.1, 0.15) is 6.61 Å². The molecular weight excluding hydrogens is 423 g/mol. The maximum absolute atomic E-state index is 12.1. The quantitative estimate of drug-likeness (QED) is 0.357. The van der Waals surface area contributed by atoms with Crippen LogP contribution in [0.1, 0.15) is 28.4 Å². The number of hydrazone groups is 1. The molecule has 3 aromatic rings. The molecule has 0 heterocycles. The Labute approximate surface area is 185 Å². The number of halogens is 2. The van der Waals surface area contributed by atoms with Gasteiger partial charge in [-0.2, -0.15) is 5.10 Å². The molecule has 3 rings (SSSR count). The molecule has 0 radical (unpaired) electrons. The van der Waals surface area contributed by atoms with Crippen LogP contribution in [0.2, 0.25) is 10.0 Å². The molecule has 154 valence electrons. The van der Waals surface area contributed by atoms with E-state index in [-0.39, 0.29) is 5.91 Å². The van der Waals surface area contributed by atoms with Crippen molar-refractivity contribution in [1.82, 2.24) is 5.43 Å². The van der Waals surface area contributed by atoms with Gasteiger partial charge >= 0.3 is 0 Å². The minimum absolute atomic E-state index is 0.324. The van der Waals surface area contributed by atoms with Gasteiger partial charge in [0.25, 0.3) is 5.91 Å². The van der Waals surface area contributed by atoms with E-state index in [9.17, 15) is 4.79 Å². The van der Waals surface area contributed by atoms with Crippen LogP contribution < -0.4 is 14.9 Å². The number of rotatable bonds is 8. The lowest BCUT2D eigenvalue weighted by molar-refractivity contribution is 0.0955. The highest BCUT2D eigenvalue weighted by molar-refractivity contribution is 6.31. The lowest BCUT2D eigenvalue weighted by atomic mass is 10.2. The Morgan fingerprint density at radius 3 is 2.50 bits per heavy atom. The van der Waals surface area contributed by atoms with Crippen molar-refractivity contribution in [1.29, 1.82) is 0 Å². The van der Waals surface area contributed by atoms with Crippen LogP contribution in [0.25, 0.3) is 0 Å². The normalized spacial score (nSPS) is 10.8. The number of carbonyl (C=O) groups excluding carboxylic acids is 1. The van der Waals surface area contributed by atoms with Gasteiger partial charge in [0.2, 0.25) is 0 Å². The molecule has 1 N–H and O–H groups in total. The molecule has 0 aliphatic carbocycles. The first-order valence-corrected chi connectivity index (χ1v) is 10.0. The number of benzene rings is 3. The maximum atomic E-state index is 12.1. The largest absolute Gasteiger partial charge is 0.490 e. The Balaban J connectivity index is 1.66. The zero-order valence-electron chi connectivity index (χ0n) is 16.3. The van der Waals surface area contributed by atoms with Gasteiger partial charge in [-0.15, -0.1) is 0 Å². The highest BCUT2D eigenvalue weighted by atomic mass is 35.5. The van der Waals surface area contributed by atoms with E-state index >= 15 is 0 Å². The van der Waals surface area contributed by atoms with Crippen molar-refractivity contribution in [2.45, 2.75) is 13.5 Å². The highest BCUT2D eigenvalue weighted by Gasteiger charge is 2.08. The summed E-state index contributed by atoms with van der Waals surface area (Å²) in [5, 5.41) is 5.22.